The minimum absolute atomic E-state index is 0.119. The highest BCUT2D eigenvalue weighted by Crippen LogP contribution is 2.12. The lowest BCUT2D eigenvalue weighted by atomic mass is 9.98. The van der Waals surface area contributed by atoms with E-state index in [0.717, 1.165) is 13.0 Å². The maximum absolute atomic E-state index is 12.4. The summed E-state index contributed by atoms with van der Waals surface area (Å²) in [4.78, 5) is 36.4. The maximum Gasteiger partial charge on any atom is 0.408 e. The first-order chi connectivity index (χ1) is 10.6. The van der Waals surface area contributed by atoms with Gasteiger partial charge in [0.15, 0.2) is 0 Å². The third-order valence-corrected chi connectivity index (χ3v) is 3.79. The molecule has 7 nitrogen and oxygen atoms in total. The van der Waals surface area contributed by atoms with Gasteiger partial charge in [-0.05, 0) is 46.1 Å². The Bertz CT molecular complexity index is 439. The Morgan fingerprint density at radius 3 is 2.43 bits per heavy atom. The van der Waals surface area contributed by atoms with E-state index in [1.165, 1.54) is 0 Å². The molecule has 0 aromatic heterocycles. The molecule has 1 unspecified atom stereocenters. The van der Waals surface area contributed by atoms with Crippen LogP contribution in [0.25, 0.3) is 0 Å². The Labute approximate surface area is 137 Å². The molecular weight excluding hydrogens is 298 g/mol. The molecular formula is C16H29N3O4. The predicted octanol–water partition coefficient (Wildman–Crippen LogP) is 1.32. The topological polar surface area (TPSA) is 96.5 Å². The van der Waals surface area contributed by atoms with Crippen molar-refractivity contribution >= 4 is 17.9 Å². The number of hydrogen-bond donors (Lipinski definition) is 3. The fourth-order valence-corrected chi connectivity index (χ4v) is 2.33. The van der Waals surface area contributed by atoms with Crippen LogP contribution in [0.2, 0.25) is 0 Å². The summed E-state index contributed by atoms with van der Waals surface area (Å²) >= 11 is 0. The summed E-state index contributed by atoms with van der Waals surface area (Å²) in [6.45, 7) is 9.79. The van der Waals surface area contributed by atoms with Crippen molar-refractivity contribution in [3.05, 3.63) is 0 Å². The Kier molecular flexibility index (Phi) is 7.00. The third-order valence-electron chi connectivity index (χ3n) is 3.79. The Hall–Kier alpha value is -1.63. The number of hydrogen-bond acceptors (Lipinski definition) is 5. The van der Waals surface area contributed by atoms with Gasteiger partial charge in [-0.3, -0.25) is 14.9 Å². The minimum atomic E-state index is -0.805. The van der Waals surface area contributed by atoms with Gasteiger partial charge in [0, 0.05) is 0 Å². The van der Waals surface area contributed by atoms with Crippen molar-refractivity contribution < 1.29 is 19.1 Å². The second kappa shape index (κ2) is 8.29. The molecule has 0 spiro atoms. The summed E-state index contributed by atoms with van der Waals surface area (Å²) < 4.78 is 5.19. The number of imide groups is 1. The van der Waals surface area contributed by atoms with Crippen LogP contribution >= 0.6 is 0 Å². The second-order valence-electron chi connectivity index (χ2n) is 7.01. The molecule has 7 heteroatoms. The second-order valence-corrected chi connectivity index (χ2v) is 7.01. The fraction of sp³-hybridized carbons (Fsp3) is 0.812. The van der Waals surface area contributed by atoms with Crippen LogP contribution in [0.1, 0.15) is 53.9 Å². The number of rotatable bonds is 5. The zero-order valence-corrected chi connectivity index (χ0v) is 14.7. The summed E-state index contributed by atoms with van der Waals surface area (Å²) in [7, 11) is 0. The van der Waals surface area contributed by atoms with Gasteiger partial charge < -0.3 is 15.4 Å². The molecule has 0 aromatic carbocycles. The molecule has 1 heterocycles. The normalized spacial score (nSPS) is 20.5. The first-order valence-corrected chi connectivity index (χ1v) is 8.21. The van der Waals surface area contributed by atoms with E-state index >= 15 is 0 Å². The lowest BCUT2D eigenvalue weighted by molar-refractivity contribution is -0.133. The smallest absolute Gasteiger partial charge is 0.408 e. The SMILES string of the molecule is CCC(C)[C@H](NC(=O)OC(C)(C)C)C(=O)NC(=O)[C@@H]1CCCN1. The average molecular weight is 327 g/mol. The highest BCUT2D eigenvalue weighted by molar-refractivity contribution is 6.01. The van der Waals surface area contributed by atoms with Crippen molar-refractivity contribution in [2.75, 3.05) is 6.54 Å². The van der Waals surface area contributed by atoms with Gasteiger partial charge in [0.1, 0.15) is 11.6 Å². The third kappa shape index (κ3) is 6.56. The van der Waals surface area contributed by atoms with Gasteiger partial charge in [0.2, 0.25) is 11.8 Å². The van der Waals surface area contributed by atoms with Gasteiger partial charge >= 0.3 is 6.09 Å². The van der Waals surface area contributed by atoms with Gasteiger partial charge in [-0.15, -0.1) is 0 Å². The van der Waals surface area contributed by atoms with Crippen LogP contribution in [0, 0.1) is 5.92 Å². The summed E-state index contributed by atoms with van der Waals surface area (Å²) in [5, 5.41) is 8.01. The molecule has 0 bridgehead atoms. The monoisotopic (exact) mass is 327 g/mol. The van der Waals surface area contributed by atoms with Crippen LogP contribution < -0.4 is 16.0 Å². The first kappa shape index (κ1) is 19.4. The van der Waals surface area contributed by atoms with Crippen LogP contribution in [-0.2, 0) is 14.3 Å². The van der Waals surface area contributed by atoms with Crippen molar-refractivity contribution in [3.63, 3.8) is 0 Å². The Morgan fingerprint density at radius 1 is 1.30 bits per heavy atom. The van der Waals surface area contributed by atoms with E-state index in [2.05, 4.69) is 16.0 Å². The molecule has 3 atom stereocenters. The number of amides is 3. The van der Waals surface area contributed by atoms with Gasteiger partial charge in [-0.2, -0.15) is 0 Å². The summed E-state index contributed by atoms with van der Waals surface area (Å²) in [5.74, 6) is -0.956. The van der Waals surface area contributed by atoms with Gasteiger partial charge in [-0.1, -0.05) is 20.3 Å². The van der Waals surface area contributed by atoms with Crippen molar-refractivity contribution in [2.24, 2.45) is 5.92 Å². The first-order valence-electron chi connectivity index (χ1n) is 8.21. The molecule has 23 heavy (non-hydrogen) atoms. The molecule has 1 rings (SSSR count). The highest BCUT2D eigenvalue weighted by atomic mass is 16.6. The summed E-state index contributed by atoms with van der Waals surface area (Å²) in [6.07, 6.45) is 1.65. The number of ether oxygens (including phenoxy) is 1. The van der Waals surface area contributed by atoms with E-state index < -0.39 is 23.6 Å². The van der Waals surface area contributed by atoms with Crippen LogP contribution in [0.5, 0.6) is 0 Å². The largest absolute Gasteiger partial charge is 0.444 e. The summed E-state index contributed by atoms with van der Waals surface area (Å²) in [5.41, 5.74) is -0.649. The van der Waals surface area contributed by atoms with Crippen molar-refractivity contribution in [3.8, 4) is 0 Å². The molecule has 0 saturated carbocycles. The standard InChI is InChI=1S/C16H29N3O4/c1-6-10(2)12(18-15(22)23-16(3,4)5)14(21)19-13(20)11-8-7-9-17-11/h10-12,17H,6-9H2,1-5H3,(H,18,22)(H,19,20,21)/t10?,11-,12-/m0/s1. The average Bonchev–Trinajstić information content (AvgIpc) is 2.96. The van der Waals surface area contributed by atoms with E-state index in [1.54, 1.807) is 20.8 Å². The number of carbonyl (C=O) groups is 3. The fourth-order valence-electron chi connectivity index (χ4n) is 2.33. The van der Waals surface area contributed by atoms with E-state index in [1.807, 2.05) is 13.8 Å². The zero-order valence-electron chi connectivity index (χ0n) is 14.7. The van der Waals surface area contributed by atoms with Gasteiger partial charge in [0.05, 0.1) is 6.04 Å². The molecule has 0 aromatic rings. The Balaban J connectivity index is 2.66. The molecule has 3 amide bonds. The number of carbonyl (C=O) groups excluding carboxylic acids is 3. The Morgan fingerprint density at radius 2 is 1.96 bits per heavy atom. The van der Waals surface area contributed by atoms with Crippen LogP contribution in [0.15, 0.2) is 0 Å². The van der Waals surface area contributed by atoms with Crippen molar-refractivity contribution in [1.82, 2.24) is 16.0 Å². The van der Waals surface area contributed by atoms with Crippen LogP contribution in [0.3, 0.4) is 0 Å². The molecule has 0 aliphatic carbocycles. The minimum Gasteiger partial charge on any atom is -0.444 e. The van der Waals surface area contributed by atoms with Gasteiger partial charge in [-0.25, -0.2) is 4.79 Å². The van der Waals surface area contributed by atoms with Crippen LogP contribution in [-0.4, -0.2) is 42.1 Å². The van der Waals surface area contributed by atoms with Crippen molar-refractivity contribution in [2.45, 2.75) is 71.6 Å². The lowest BCUT2D eigenvalue weighted by Crippen LogP contribution is -2.54. The maximum atomic E-state index is 12.4. The van der Waals surface area contributed by atoms with E-state index in [9.17, 15) is 14.4 Å². The molecule has 0 radical (unpaired) electrons. The molecule has 1 saturated heterocycles. The van der Waals surface area contributed by atoms with Gasteiger partial charge in [0.25, 0.3) is 0 Å². The van der Waals surface area contributed by atoms with E-state index in [-0.39, 0.29) is 17.9 Å². The number of alkyl carbamates (subject to hydrolysis) is 1. The van der Waals surface area contributed by atoms with E-state index in [0.29, 0.717) is 12.8 Å². The molecule has 1 aliphatic heterocycles. The summed E-state index contributed by atoms with van der Waals surface area (Å²) in [6, 6.07) is -1.14. The lowest BCUT2D eigenvalue weighted by Gasteiger charge is -2.26. The number of nitrogens with one attached hydrogen (secondary N) is 3. The predicted molar refractivity (Wildman–Crippen MR) is 86.8 cm³/mol. The molecule has 3 N–H and O–H groups in total. The van der Waals surface area contributed by atoms with Crippen LogP contribution in [0.4, 0.5) is 4.79 Å². The molecule has 132 valence electrons. The molecule has 1 fully saturated rings. The highest BCUT2D eigenvalue weighted by Gasteiger charge is 2.31. The zero-order chi connectivity index (χ0) is 17.6. The van der Waals surface area contributed by atoms with Crippen molar-refractivity contribution in [1.29, 1.82) is 0 Å². The van der Waals surface area contributed by atoms with E-state index in [4.69, 9.17) is 4.74 Å². The quantitative estimate of drug-likeness (QED) is 0.708. The molecule has 1 aliphatic rings.